The van der Waals surface area contributed by atoms with Gasteiger partial charge in [0.15, 0.2) is 0 Å². The van der Waals surface area contributed by atoms with E-state index in [0.29, 0.717) is 17.3 Å². The normalized spacial score (nSPS) is 18.1. The van der Waals surface area contributed by atoms with E-state index in [4.69, 9.17) is 11.6 Å². The van der Waals surface area contributed by atoms with Crippen LogP contribution in [0.15, 0.2) is 48.5 Å². The zero-order valence-corrected chi connectivity index (χ0v) is 17.9. The fourth-order valence-electron chi connectivity index (χ4n) is 4.21. The SMILES string of the molecule is C[C@@H](C(=O)N1CCc2ccccc21)N1CCN(CC(=O)Nc2ccccc2Cl)CC1. The highest BCUT2D eigenvalue weighted by Crippen LogP contribution is 2.28. The van der Waals surface area contributed by atoms with Gasteiger partial charge in [0.1, 0.15) is 0 Å². The second-order valence-electron chi connectivity index (χ2n) is 7.88. The van der Waals surface area contributed by atoms with Crippen molar-refractivity contribution in [1.29, 1.82) is 0 Å². The molecule has 2 aliphatic rings. The molecule has 0 radical (unpaired) electrons. The topological polar surface area (TPSA) is 55.9 Å². The molecule has 2 heterocycles. The van der Waals surface area contributed by atoms with Crippen molar-refractivity contribution in [3.8, 4) is 0 Å². The van der Waals surface area contributed by atoms with Gasteiger partial charge in [-0.3, -0.25) is 19.4 Å². The predicted octanol–water partition coefficient (Wildman–Crippen LogP) is 2.87. The molecule has 1 N–H and O–H groups in total. The van der Waals surface area contributed by atoms with E-state index in [0.717, 1.165) is 44.8 Å². The summed E-state index contributed by atoms with van der Waals surface area (Å²) < 4.78 is 0. The van der Waals surface area contributed by atoms with Gasteiger partial charge in [0.25, 0.3) is 0 Å². The Morgan fingerprint density at radius 3 is 2.47 bits per heavy atom. The first-order valence-corrected chi connectivity index (χ1v) is 10.8. The van der Waals surface area contributed by atoms with E-state index in [2.05, 4.69) is 21.2 Å². The first-order chi connectivity index (χ1) is 14.5. The van der Waals surface area contributed by atoms with Crippen molar-refractivity contribution in [3.05, 3.63) is 59.1 Å². The molecule has 0 aliphatic carbocycles. The fraction of sp³-hybridized carbons (Fsp3) is 0.391. The van der Waals surface area contributed by atoms with E-state index >= 15 is 0 Å². The van der Waals surface area contributed by atoms with Crippen LogP contribution in [0.5, 0.6) is 0 Å². The van der Waals surface area contributed by atoms with Gasteiger partial charge >= 0.3 is 0 Å². The van der Waals surface area contributed by atoms with Crippen LogP contribution in [0.25, 0.3) is 0 Å². The molecule has 0 unspecified atom stereocenters. The van der Waals surface area contributed by atoms with Crippen LogP contribution < -0.4 is 10.2 Å². The molecule has 1 atom stereocenters. The third kappa shape index (κ3) is 4.51. The number of fused-ring (bicyclic) bond motifs is 1. The summed E-state index contributed by atoms with van der Waals surface area (Å²) in [6.45, 7) is 6.10. The van der Waals surface area contributed by atoms with Gasteiger partial charge < -0.3 is 10.2 Å². The maximum Gasteiger partial charge on any atom is 0.244 e. The van der Waals surface area contributed by atoms with Gasteiger partial charge in [-0.15, -0.1) is 0 Å². The summed E-state index contributed by atoms with van der Waals surface area (Å²) in [6, 6.07) is 15.2. The molecular formula is C23H27ClN4O2. The second kappa shape index (κ2) is 9.16. The summed E-state index contributed by atoms with van der Waals surface area (Å²) in [7, 11) is 0. The fourth-order valence-corrected chi connectivity index (χ4v) is 4.40. The van der Waals surface area contributed by atoms with Gasteiger partial charge in [0.2, 0.25) is 11.8 Å². The molecule has 2 aromatic rings. The highest BCUT2D eigenvalue weighted by molar-refractivity contribution is 6.33. The number of halogens is 1. The molecule has 0 aromatic heterocycles. The molecule has 1 fully saturated rings. The number of benzene rings is 2. The standard InChI is InChI=1S/C23H27ClN4O2/c1-17(23(30)28-11-10-18-6-2-5-9-21(18)28)27-14-12-26(13-15-27)16-22(29)25-20-8-4-3-7-19(20)24/h2-9,17H,10-16H2,1H3,(H,25,29)/t17-/m0/s1. The minimum atomic E-state index is -0.171. The van der Waals surface area contributed by atoms with Gasteiger partial charge in [0, 0.05) is 38.4 Å². The number of para-hydroxylation sites is 2. The van der Waals surface area contributed by atoms with Crippen molar-refractivity contribution in [2.75, 3.05) is 49.5 Å². The van der Waals surface area contributed by atoms with Gasteiger partial charge in [0.05, 0.1) is 23.3 Å². The van der Waals surface area contributed by atoms with E-state index < -0.39 is 0 Å². The maximum atomic E-state index is 13.1. The minimum Gasteiger partial charge on any atom is -0.324 e. The molecule has 7 heteroatoms. The molecule has 0 spiro atoms. The van der Waals surface area contributed by atoms with Gasteiger partial charge in [-0.2, -0.15) is 0 Å². The molecule has 6 nitrogen and oxygen atoms in total. The number of carbonyl (C=O) groups is 2. The van der Waals surface area contributed by atoms with Crippen molar-refractivity contribution in [2.24, 2.45) is 0 Å². The van der Waals surface area contributed by atoms with E-state index in [1.807, 2.05) is 42.2 Å². The Morgan fingerprint density at radius 2 is 1.70 bits per heavy atom. The van der Waals surface area contributed by atoms with Crippen LogP contribution in [0.1, 0.15) is 12.5 Å². The summed E-state index contributed by atoms with van der Waals surface area (Å²) in [4.78, 5) is 31.7. The van der Waals surface area contributed by atoms with Crippen LogP contribution in [0, 0.1) is 0 Å². The molecule has 2 aliphatic heterocycles. The van der Waals surface area contributed by atoms with E-state index in [9.17, 15) is 9.59 Å². The first kappa shape index (κ1) is 20.8. The Labute approximate surface area is 182 Å². The third-order valence-corrected chi connectivity index (χ3v) is 6.31. The predicted molar refractivity (Wildman–Crippen MR) is 120 cm³/mol. The Kier molecular flexibility index (Phi) is 6.37. The third-order valence-electron chi connectivity index (χ3n) is 5.98. The summed E-state index contributed by atoms with van der Waals surface area (Å²) in [5, 5.41) is 3.40. The monoisotopic (exact) mass is 426 g/mol. The quantitative estimate of drug-likeness (QED) is 0.798. The Morgan fingerprint density at radius 1 is 1.00 bits per heavy atom. The second-order valence-corrected chi connectivity index (χ2v) is 8.29. The maximum absolute atomic E-state index is 13.1. The highest BCUT2D eigenvalue weighted by Gasteiger charge is 2.32. The number of piperazine rings is 1. The zero-order valence-electron chi connectivity index (χ0n) is 17.2. The molecule has 0 saturated carbocycles. The lowest BCUT2D eigenvalue weighted by Crippen LogP contribution is -2.55. The molecule has 1 saturated heterocycles. The van der Waals surface area contributed by atoms with E-state index in [1.54, 1.807) is 12.1 Å². The number of hydrogen-bond donors (Lipinski definition) is 1. The lowest BCUT2D eigenvalue weighted by Gasteiger charge is -2.38. The molecule has 158 valence electrons. The molecule has 4 rings (SSSR count). The number of amides is 2. The summed E-state index contributed by atoms with van der Waals surface area (Å²) in [5.74, 6) is 0.0826. The highest BCUT2D eigenvalue weighted by atomic mass is 35.5. The van der Waals surface area contributed by atoms with Crippen LogP contribution in [-0.4, -0.2) is 66.9 Å². The van der Waals surface area contributed by atoms with Crippen molar-refractivity contribution in [3.63, 3.8) is 0 Å². The summed E-state index contributed by atoms with van der Waals surface area (Å²) in [5.41, 5.74) is 2.92. The van der Waals surface area contributed by atoms with Gasteiger partial charge in [-0.05, 0) is 37.1 Å². The molecular weight excluding hydrogens is 400 g/mol. The summed E-state index contributed by atoms with van der Waals surface area (Å²) >= 11 is 6.11. The van der Waals surface area contributed by atoms with E-state index in [-0.39, 0.29) is 17.9 Å². The number of carbonyl (C=O) groups excluding carboxylic acids is 2. The Bertz CT molecular complexity index is 927. The molecule has 2 aromatic carbocycles. The molecule has 30 heavy (non-hydrogen) atoms. The van der Waals surface area contributed by atoms with Crippen LogP contribution in [0.4, 0.5) is 11.4 Å². The Balaban J connectivity index is 1.27. The van der Waals surface area contributed by atoms with Crippen molar-refractivity contribution in [1.82, 2.24) is 9.80 Å². The number of nitrogens with one attached hydrogen (secondary N) is 1. The Hall–Kier alpha value is -2.41. The number of anilines is 2. The average Bonchev–Trinajstić information content (AvgIpc) is 3.19. The van der Waals surface area contributed by atoms with Gasteiger partial charge in [-0.25, -0.2) is 0 Å². The van der Waals surface area contributed by atoms with Crippen LogP contribution in [-0.2, 0) is 16.0 Å². The number of nitrogens with zero attached hydrogens (tertiary/aromatic N) is 3. The first-order valence-electron chi connectivity index (χ1n) is 10.4. The number of hydrogen-bond acceptors (Lipinski definition) is 4. The lowest BCUT2D eigenvalue weighted by molar-refractivity contribution is -0.124. The number of rotatable bonds is 5. The molecule has 0 bridgehead atoms. The smallest absolute Gasteiger partial charge is 0.244 e. The molecule has 2 amide bonds. The summed E-state index contributed by atoms with van der Waals surface area (Å²) in [6.07, 6.45) is 0.920. The minimum absolute atomic E-state index is 0.0747. The van der Waals surface area contributed by atoms with Crippen LogP contribution in [0.2, 0.25) is 5.02 Å². The van der Waals surface area contributed by atoms with Crippen molar-refractivity contribution in [2.45, 2.75) is 19.4 Å². The van der Waals surface area contributed by atoms with Crippen molar-refractivity contribution < 1.29 is 9.59 Å². The van der Waals surface area contributed by atoms with Crippen LogP contribution >= 0.6 is 11.6 Å². The average molecular weight is 427 g/mol. The van der Waals surface area contributed by atoms with Crippen LogP contribution in [0.3, 0.4) is 0 Å². The zero-order chi connectivity index (χ0) is 21.1. The van der Waals surface area contributed by atoms with Crippen molar-refractivity contribution >= 4 is 34.8 Å². The largest absolute Gasteiger partial charge is 0.324 e. The lowest BCUT2D eigenvalue weighted by atomic mass is 10.1. The van der Waals surface area contributed by atoms with E-state index in [1.165, 1.54) is 5.56 Å². The van der Waals surface area contributed by atoms with Gasteiger partial charge in [-0.1, -0.05) is 41.9 Å².